The van der Waals surface area contributed by atoms with Crippen molar-refractivity contribution in [2.45, 2.75) is 19.4 Å². The average Bonchev–Trinajstić information content (AvgIpc) is 2.48. The number of carbonyl (C=O) groups excluding carboxylic acids is 1. The average molecular weight is 293 g/mol. The summed E-state index contributed by atoms with van der Waals surface area (Å²) < 4.78 is 25.6. The van der Waals surface area contributed by atoms with E-state index in [4.69, 9.17) is 18.9 Å². The Hall–Kier alpha value is -0.890. The summed E-state index contributed by atoms with van der Waals surface area (Å²) in [6.07, 6.45) is 0.634. The van der Waals surface area contributed by atoms with Crippen LogP contribution < -0.4 is 5.32 Å². The van der Waals surface area contributed by atoms with Gasteiger partial charge in [-0.15, -0.1) is 0 Å². The van der Waals surface area contributed by atoms with Crippen molar-refractivity contribution in [1.82, 2.24) is 5.32 Å². The second-order valence-electron chi connectivity index (χ2n) is 3.98. The molecule has 0 aromatic heterocycles. The summed E-state index contributed by atoms with van der Waals surface area (Å²) in [5.41, 5.74) is 0. The molecule has 0 unspecified atom stereocenters. The molecule has 0 radical (unpaired) electrons. The van der Waals surface area contributed by atoms with Gasteiger partial charge in [0.1, 0.15) is 0 Å². The molecule has 0 heterocycles. The number of hydrogen-bond donors (Lipinski definition) is 1. The maximum Gasteiger partial charge on any atom is 0.406 e. The Morgan fingerprint density at radius 2 is 1.60 bits per heavy atom. The fourth-order valence-corrected chi connectivity index (χ4v) is 1.30. The minimum absolute atomic E-state index is 0.153. The Kier molecular flexibility index (Phi) is 13.9. The van der Waals surface area contributed by atoms with Crippen LogP contribution in [0.1, 0.15) is 13.3 Å². The van der Waals surface area contributed by atoms with E-state index in [-0.39, 0.29) is 6.10 Å². The van der Waals surface area contributed by atoms with E-state index in [1.807, 2.05) is 0 Å². The van der Waals surface area contributed by atoms with Gasteiger partial charge in [-0.25, -0.2) is 4.79 Å². The lowest BCUT2D eigenvalue weighted by molar-refractivity contribution is -0.0224. The number of hydrogen-bond acceptors (Lipinski definition) is 6. The van der Waals surface area contributed by atoms with E-state index in [2.05, 4.69) is 17.0 Å². The van der Waals surface area contributed by atoms with Crippen LogP contribution in [0.5, 0.6) is 0 Å². The molecule has 0 aromatic carbocycles. The molecule has 0 saturated heterocycles. The first-order chi connectivity index (χ1) is 9.74. The van der Waals surface area contributed by atoms with Gasteiger partial charge >= 0.3 is 6.09 Å². The summed E-state index contributed by atoms with van der Waals surface area (Å²) in [7, 11) is 3.00. The van der Waals surface area contributed by atoms with Crippen molar-refractivity contribution in [2.24, 2.45) is 0 Å². The second kappa shape index (κ2) is 14.5. The van der Waals surface area contributed by atoms with E-state index in [0.29, 0.717) is 46.2 Å². The molecule has 0 spiro atoms. The van der Waals surface area contributed by atoms with Crippen molar-refractivity contribution in [3.8, 4) is 0 Å². The normalized spacial score (nSPS) is 12.2. The van der Waals surface area contributed by atoms with Gasteiger partial charge in [-0.05, 0) is 6.42 Å². The zero-order chi connectivity index (χ0) is 15.1. The van der Waals surface area contributed by atoms with Crippen LogP contribution in [0.15, 0.2) is 0 Å². The minimum Gasteiger partial charge on any atom is -0.453 e. The third-order valence-corrected chi connectivity index (χ3v) is 2.54. The molecular weight excluding hydrogens is 266 g/mol. The molecule has 7 nitrogen and oxygen atoms in total. The molecule has 0 fully saturated rings. The molecule has 0 aliphatic rings. The predicted octanol–water partition coefficient (Wildman–Crippen LogP) is 0.817. The predicted molar refractivity (Wildman–Crippen MR) is 74.0 cm³/mol. The van der Waals surface area contributed by atoms with Gasteiger partial charge in [0.2, 0.25) is 0 Å². The smallest absolute Gasteiger partial charge is 0.406 e. The maximum absolute atomic E-state index is 10.7. The molecule has 20 heavy (non-hydrogen) atoms. The van der Waals surface area contributed by atoms with Gasteiger partial charge < -0.3 is 29.0 Å². The van der Waals surface area contributed by atoms with E-state index in [1.54, 1.807) is 7.11 Å². The number of ether oxygens (including phenoxy) is 5. The topological polar surface area (TPSA) is 75.2 Å². The van der Waals surface area contributed by atoms with Crippen LogP contribution in [-0.4, -0.2) is 72.6 Å². The zero-order valence-electron chi connectivity index (χ0n) is 12.7. The number of carbonyl (C=O) groups is 1. The molecule has 0 rings (SSSR count). The Morgan fingerprint density at radius 1 is 1.00 bits per heavy atom. The van der Waals surface area contributed by atoms with Gasteiger partial charge in [0.15, 0.2) is 0 Å². The summed E-state index contributed by atoms with van der Waals surface area (Å²) in [5, 5.41) is 2.51. The zero-order valence-corrected chi connectivity index (χ0v) is 12.7. The van der Waals surface area contributed by atoms with Gasteiger partial charge in [-0.1, -0.05) is 6.92 Å². The number of rotatable bonds is 13. The summed E-state index contributed by atoms with van der Waals surface area (Å²) in [6.45, 7) is 5.56. The largest absolute Gasteiger partial charge is 0.453 e. The summed E-state index contributed by atoms with van der Waals surface area (Å²) in [6, 6.07) is 0. The van der Waals surface area contributed by atoms with Crippen LogP contribution >= 0.6 is 0 Å². The molecule has 120 valence electrons. The molecule has 0 aliphatic carbocycles. The summed E-state index contributed by atoms with van der Waals surface area (Å²) in [5.74, 6) is 0. The Balaban J connectivity index is 3.11. The standard InChI is InChI=1S/C13H27NO6/c1-4-12(16-2)11-20-10-9-19-8-7-18-6-5-14-13(15)17-3/h12H,4-11H2,1-3H3,(H,14,15)/t12-/m0/s1. The molecule has 0 aromatic rings. The van der Waals surface area contributed by atoms with Gasteiger partial charge in [0, 0.05) is 13.7 Å². The van der Waals surface area contributed by atoms with Crippen LogP contribution in [0, 0.1) is 0 Å². The van der Waals surface area contributed by atoms with Crippen LogP contribution in [0.25, 0.3) is 0 Å². The summed E-state index contributed by atoms with van der Waals surface area (Å²) >= 11 is 0. The highest BCUT2D eigenvalue weighted by Gasteiger charge is 2.03. The highest BCUT2D eigenvalue weighted by molar-refractivity contribution is 5.66. The van der Waals surface area contributed by atoms with E-state index in [1.165, 1.54) is 7.11 Å². The van der Waals surface area contributed by atoms with E-state index < -0.39 is 6.09 Å². The van der Waals surface area contributed by atoms with Crippen LogP contribution in [0.2, 0.25) is 0 Å². The molecule has 0 bridgehead atoms. The van der Waals surface area contributed by atoms with E-state index in [9.17, 15) is 4.79 Å². The van der Waals surface area contributed by atoms with E-state index in [0.717, 1.165) is 6.42 Å². The molecule has 0 aliphatic heterocycles. The second-order valence-corrected chi connectivity index (χ2v) is 3.98. The lowest BCUT2D eigenvalue weighted by Crippen LogP contribution is -2.27. The van der Waals surface area contributed by atoms with Crippen molar-refractivity contribution in [3.63, 3.8) is 0 Å². The van der Waals surface area contributed by atoms with Crippen molar-refractivity contribution in [2.75, 3.05) is 60.4 Å². The van der Waals surface area contributed by atoms with Crippen molar-refractivity contribution in [3.05, 3.63) is 0 Å². The van der Waals surface area contributed by atoms with Crippen molar-refractivity contribution in [1.29, 1.82) is 0 Å². The maximum atomic E-state index is 10.7. The first kappa shape index (κ1) is 19.1. The number of methoxy groups -OCH3 is 2. The van der Waals surface area contributed by atoms with Gasteiger partial charge in [-0.2, -0.15) is 0 Å². The Labute approximate surface area is 120 Å². The van der Waals surface area contributed by atoms with Gasteiger partial charge in [-0.3, -0.25) is 0 Å². The third kappa shape index (κ3) is 12.2. The molecule has 0 saturated carbocycles. The lowest BCUT2D eigenvalue weighted by atomic mass is 10.3. The fourth-order valence-electron chi connectivity index (χ4n) is 1.30. The Morgan fingerprint density at radius 3 is 2.15 bits per heavy atom. The first-order valence-corrected chi connectivity index (χ1v) is 6.82. The fraction of sp³-hybridized carbons (Fsp3) is 0.923. The monoisotopic (exact) mass is 293 g/mol. The SMILES string of the molecule is CC[C@@H](COCCOCCOCCNC(=O)OC)OC. The van der Waals surface area contributed by atoms with Gasteiger partial charge in [0.25, 0.3) is 0 Å². The Bertz CT molecular complexity index is 223. The highest BCUT2D eigenvalue weighted by atomic mass is 16.6. The number of amides is 1. The van der Waals surface area contributed by atoms with Gasteiger partial charge in [0.05, 0.1) is 52.9 Å². The molecular formula is C13H27NO6. The van der Waals surface area contributed by atoms with E-state index >= 15 is 0 Å². The van der Waals surface area contributed by atoms with Crippen molar-refractivity contribution < 1.29 is 28.5 Å². The molecule has 1 atom stereocenters. The van der Waals surface area contributed by atoms with Crippen LogP contribution in [-0.2, 0) is 23.7 Å². The quantitative estimate of drug-likeness (QED) is 0.507. The first-order valence-electron chi connectivity index (χ1n) is 6.82. The molecule has 7 heteroatoms. The third-order valence-electron chi connectivity index (χ3n) is 2.54. The van der Waals surface area contributed by atoms with Crippen molar-refractivity contribution >= 4 is 6.09 Å². The minimum atomic E-state index is -0.455. The number of alkyl carbamates (subject to hydrolysis) is 1. The highest BCUT2D eigenvalue weighted by Crippen LogP contribution is 1.96. The summed E-state index contributed by atoms with van der Waals surface area (Å²) in [4.78, 5) is 10.7. The number of nitrogens with one attached hydrogen (secondary N) is 1. The molecule has 1 amide bonds. The molecule has 1 N–H and O–H groups in total. The van der Waals surface area contributed by atoms with Crippen LogP contribution in [0.4, 0.5) is 4.79 Å². The van der Waals surface area contributed by atoms with Crippen LogP contribution in [0.3, 0.4) is 0 Å². The lowest BCUT2D eigenvalue weighted by Gasteiger charge is -2.13.